The lowest BCUT2D eigenvalue weighted by molar-refractivity contribution is 0.0687. The van der Waals surface area contributed by atoms with Crippen LogP contribution in [0.4, 0.5) is 11.4 Å². The van der Waals surface area contributed by atoms with Gasteiger partial charge < -0.3 is 20.3 Å². The molecule has 1 aromatic heterocycles. The number of nitrogens with one attached hydrogen (secondary N) is 2. The van der Waals surface area contributed by atoms with Crippen LogP contribution < -0.4 is 10.6 Å². The van der Waals surface area contributed by atoms with Gasteiger partial charge in [0.25, 0.3) is 0 Å². The number of carboxylic acid groups (broad SMARTS) is 1. The summed E-state index contributed by atoms with van der Waals surface area (Å²) in [5, 5.41) is 16.1. The molecule has 2 heterocycles. The fraction of sp³-hybridized carbons (Fsp3) is 0.615. The van der Waals surface area contributed by atoms with Crippen molar-refractivity contribution in [1.29, 1.82) is 0 Å². The maximum absolute atomic E-state index is 11.2. The molecule has 1 aliphatic heterocycles. The van der Waals surface area contributed by atoms with Gasteiger partial charge in [0.1, 0.15) is 0 Å². The van der Waals surface area contributed by atoms with Crippen molar-refractivity contribution < 1.29 is 9.90 Å². The molecule has 1 fully saturated rings. The molecule has 3 rings (SSSR count). The Labute approximate surface area is 106 Å². The Hall–Kier alpha value is -1.65. The topological polar surface area (TPSA) is 66.3 Å². The zero-order valence-corrected chi connectivity index (χ0v) is 10.6. The van der Waals surface area contributed by atoms with Gasteiger partial charge in [0.05, 0.1) is 16.9 Å². The molecule has 0 aromatic carbocycles. The Bertz CT molecular complexity index is 487. The molecule has 3 N–H and O–H groups in total. The molecule has 5 nitrogen and oxygen atoms in total. The number of aromatic nitrogens is 1. The quantitative estimate of drug-likeness (QED) is 0.714. The molecule has 1 aromatic rings. The van der Waals surface area contributed by atoms with E-state index >= 15 is 0 Å². The normalized spacial score (nSPS) is 20.9. The largest absolute Gasteiger partial charge is 0.477 e. The Balaban J connectivity index is 1.94. The number of aromatic carboxylic acids is 1. The number of hydrogen-bond donors (Lipinski definition) is 3. The molecule has 0 radical (unpaired) electrons. The number of hydrogen-bond acceptors (Lipinski definition) is 3. The van der Waals surface area contributed by atoms with Gasteiger partial charge in [-0.25, -0.2) is 4.79 Å². The van der Waals surface area contributed by atoms with Crippen LogP contribution in [0.3, 0.4) is 0 Å². The van der Waals surface area contributed by atoms with Crippen LogP contribution in [0.25, 0.3) is 0 Å². The molecule has 0 unspecified atom stereocenters. The molecule has 0 bridgehead atoms. The van der Waals surface area contributed by atoms with E-state index in [-0.39, 0.29) is 5.54 Å². The van der Waals surface area contributed by atoms with Gasteiger partial charge in [-0.05, 0) is 12.8 Å². The van der Waals surface area contributed by atoms with E-state index in [4.69, 9.17) is 0 Å². The smallest absolute Gasteiger partial charge is 0.354 e. The third kappa shape index (κ3) is 1.65. The van der Waals surface area contributed by atoms with E-state index in [2.05, 4.69) is 10.6 Å². The van der Waals surface area contributed by atoms with E-state index in [1.807, 2.05) is 6.20 Å². The number of aryl methyl sites for hydroxylation is 1. The summed E-state index contributed by atoms with van der Waals surface area (Å²) in [6.45, 7) is 0.824. The average Bonchev–Trinajstić information content (AvgIpc) is 2.65. The Morgan fingerprint density at radius 2 is 2.11 bits per heavy atom. The van der Waals surface area contributed by atoms with Gasteiger partial charge in [-0.15, -0.1) is 0 Å². The highest BCUT2D eigenvalue weighted by Gasteiger charge is 2.37. The predicted molar refractivity (Wildman–Crippen MR) is 70.3 cm³/mol. The molecule has 1 spiro atoms. The van der Waals surface area contributed by atoms with Crippen LogP contribution >= 0.6 is 0 Å². The van der Waals surface area contributed by atoms with Crippen molar-refractivity contribution in [3.63, 3.8) is 0 Å². The highest BCUT2D eigenvalue weighted by atomic mass is 16.4. The summed E-state index contributed by atoms with van der Waals surface area (Å²) in [6.07, 6.45) is 8.02. The van der Waals surface area contributed by atoms with Crippen molar-refractivity contribution in [1.82, 2.24) is 4.57 Å². The van der Waals surface area contributed by atoms with Crippen molar-refractivity contribution >= 4 is 17.3 Å². The van der Waals surface area contributed by atoms with Crippen molar-refractivity contribution in [2.45, 2.75) is 37.6 Å². The molecular formula is C13H19N3O2. The number of nitrogens with zero attached hydrogens (tertiary/aromatic N) is 1. The number of carbonyl (C=O) groups is 1. The Morgan fingerprint density at radius 1 is 1.39 bits per heavy atom. The van der Waals surface area contributed by atoms with Gasteiger partial charge >= 0.3 is 5.97 Å². The van der Waals surface area contributed by atoms with E-state index in [0.29, 0.717) is 5.69 Å². The van der Waals surface area contributed by atoms with Crippen LogP contribution in [0.15, 0.2) is 6.20 Å². The van der Waals surface area contributed by atoms with Gasteiger partial charge in [0, 0.05) is 19.8 Å². The summed E-state index contributed by atoms with van der Waals surface area (Å²) in [4.78, 5) is 11.2. The maximum atomic E-state index is 11.2. The molecule has 5 heteroatoms. The molecule has 1 saturated carbocycles. The minimum atomic E-state index is -0.882. The number of anilines is 2. The van der Waals surface area contributed by atoms with Gasteiger partial charge in [0.2, 0.25) is 0 Å². The summed E-state index contributed by atoms with van der Waals surface area (Å²) in [5.41, 5.74) is 2.13. The molecule has 98 valence electrons. The van der Waals surface area contributed by atoms with Crippen LogP contribution in [0.2, 0.25) is 0 Å². The molecule has 0 atom stereocenters. The summed E-state index contributed by atoms with van der Waals surface area (Å²) in [6, 6.07) is 0. The minimum absolute atomic E-state index is 0.127. The third-order valence-electron chi connectivity index (χ3n) is 4.20. The first-order valence-electron chi connectivity index (χ1n) is 6.56. The lowest BCUT2D eigenvalue weighted by atomic mass is 9.80. The van der Waals surface area contributed by atoms with Crippen LogP contribution in [0.5, 0.6) is 0 Å². The highest BCUT2D eigenvalue weighted by Crippen LogP contribution is 2.40. The molecule has 0 saturated heterocycles. The van der Waals surface area contributed by atoms with Crippen LogP contribution in [-0.4, -0.2) is 27.7 Å². The summed E-state index contributed by atoms with van der Waals surface area (Å²) in [5.74, 6) is -0.882. The monoisotopic (exact) mass is 249 g/mol. The fourth-order valence-electron chi connectivity index (χ4n) is 3.28. The lowest BCUT2D eigenvalue weighted by Gasteiger charge is -2.42. The van der Waals surface area contributed by atoms with Crippen molar-refractivity contribution in [2.24, 2.45) is 7.05 Å². The second-order valence-electron chi connectivity index (χ2n) is 5.50. The van der Waals surface area contributed by atoms with Gasteiger partial charge in [-0.1, -0.05) is 19.3 Å². The summed E-state index contributed by atoms with van der Waals surface area (Å²) >= 11 is 0. The first kappa shape index (κ1) is 11.4. The maximum Gasteiger partial charge on any atom is 0.354 e. The van der Waals surface area contributed by atoms with E-state index in [1.165, 1.54) is 19.3 Å². The second-order valence-corrected chi connectivity index (χ2v) is 5.50. The van der Waals surface area contributed by atoms with Crippen LogP contribution in [-0.2, 0) is 7.05 Å². The van der Waals surface area contributed by atoms with Gasteiger partial charge in [-0.2, -0.15) is 0 Å². The summed E-state index contributed by atoms with van der Waals surface area (Å²) in [7, 11) is 1.78. The molecule has 0 amide bonds. The summed E-state index contributed by atoms with van der Waals surface area (Å²) < 4.78 is 1.68. The van der Waals surface area contributed by atoms with E-state index in [9.17, 15) is 9.90 Å². The second kappa shape index (κ2) is 3.93. The van der Waals surface area contributed by atoms with Gasteiger partial charge in [-0.3, -0.25) is 0 Å². The van der Waals surface area contributed by atoms with E-state index in [1.54, 1.807) is 11.6 Å². The number of carboxylic acids is 1. The minimum Gasteiger partial charge on any atom is -0.477 e. The Morgan fingerprint density at radius 3 is 2.78 bits per heavy atom. The molecule has 2 aliphatic rings. The van der Waals surface area contributed by atoms with Crippen LogP contribution in [0, 0.1) is 0 Å². The zero-order valence-electron chi connectivity index (χ0n) is 10.6. The van der Waals surface area contributed by atoms with E-state index < -0.39 is 5.97 Å². The van der Waals surface area contributed by atoms with Crippen LogP contribution in [0.1, 0.15) is 42.6 Å². The zero-order chi connectivity index (χ0) is 12.8. The average molecular weight is 249 g/mol. The first-order valence-corrected chi connectivity index (χ1v) is 6.56. The lowest BCUT2D eigenvalue weighted by Crippen LogP contribution is -2.48. The highest BCUT2D eigenvalue weighted by molar-refractivity contribution is 5.97. The Kier molecular flexibility index (Phi) is 2.50. The molecule has 1 aliphatic carbocycles. The predicted octanol–water partition coefficient (Wildman–Crippen LogP) is 2.26. The van der Waals surface area contributed by atoms with Gasteiger partial charge in [0.15, 0.2) is 5.69 Å². The van der Waals surface area contributed by atoms with Crippen molar-refractivity contribution in [3.05, 3.63) is 11.9 Å². The fourth-order valence-corrected chi connectivity index (χ4v) is 3.28. The first-order chi connectivity index (χ1) is 8.61. The SMILES string of the molecule is Cn1cc2c(c1C(=O)O)NCC1(CCCCC1)N2. The number of rotatable bonds is 1. The molecular weight excluding hydrogens is 230 g/mol. The van der Waals surface area contributed by atoms with Crippen molar-refractivity contribution in [2.75, 3.05) is 17.2 Å². The standard InChI is InChI=1S/C13H19N3O2/c1-16-7-9-10(11(16)12(17)18)14-8-13(15-9)5-3-2-4-6-13/h7,14-15H,2-6,8H2,1H3,(H,17,18). The molecule has 18 heavy (non-hydrogen) atoms. The van der Waals surface area contributed by atoms with E-state index in [0.717, 1.165) is 30.8 Å². The number of fused-ring (bicyclic) bond motifs is 1. The van der Waals surface area contributed by atoms with Crippen molar-refractivity contribution in [3.8, 4) is 0 Å². The third-order valence-corrected chi connectivity index (χ3v) is 4.20.